The predicted octanol–water partition coefficient (Wildman–Crippen LogP) is 1.57. The molecule has 0 aliphatic rings. The fourth-order valence-corrected chi connectivity index (χ4v) is 1.51. The Kier molecular flexibility index (Phi) is 5.40. The molecule has 80 valence electrons. The van der Waals surface area contributed by atoms with Crippen molar-refractivity contribution in [3.05, 3.63) is 0 Å². The first-order valence-electron chi connectivity index (χ1n) is 4.59. The van der Waals surface area contributed by atoms with Crippen molar-refractivity contribution in [1.29, 1.82) is 0 Å². The lowest BCUT2D eigenvalue weighted by Gasteiger charge is -2.30. The number of rotatable bonds is 6. The van der Waals surface area contributed by atoms with Gasteiger partial charge in [-0.15, -0.1) is 0 Å². The van der Waals surface area contributed by atoms with Crippen molar-refractivity contribution in [3.8, 4) is 0 Å². The van der Waals surface area contributed by atoms with Crippen molar-refractivity contribution in [1.82, 2.24) is 10.2 Å². The van der Waals surface area contributed by atoms with Crippen LogP contribution in [-0.4, -0.2) is 43.5 Å². The molecule has 0 saturated carbocycles. The van der Waals surface area contributed by atoms with E-state index in [1.54, 1.807) is 11.9 Å². The van der Waals surface area contributed by atoms with Crippen LogP contribution in [0, 0.1) is 0 Å². The Morgan fingerprint density at radius 2 is 1.92 bits per heavy atom. The molecule has 0 atom stereocenters. The van der Waals surface area contributed by atoms with Crippen molar-refractivity contribution in [2.45, 2.75) is 32.7 Å². The van der Waals surface area contributed by atoms with Gasteiger partial charge in [-0.1, -0.05) is 6.92 Å². The van der Waals surface area contributed by atoms with Gasteiger partial charge < -0.3 is 5.32 Å². The highest BCUT2D eigenvalue weighted by molar-refractivity contribution is 4.80. The standard InChI is InChI=1S/C9H20F2N2/c1-5-12-9(2,3)7-13(4)6-8(10)11/h8,12H,5-7H2,1-4H3. The van der Waals surface area contributed by atoms with E-state index in [4.69, 9.17) is 0 Å². The lowest BCUT2D eigenvalue weighted by molar-refractivity contribution is 0.0890. The van der Waals surface area contributed by atoms with E-state index in [2.05, 4.69) is 5.32 Å². The summed E-state index contributed by atoms with van der Waals surface area (Å²) in [7, 11) is 1.71. The Balaban J connectivity index is 3.81. The molecule has 0 spiro atoms. The molecule has 0 saturated heterocycles. The van der Waals surface area contributed by atoms with E-state index in [9.17, 15) is 8.78 Å². The summed E-state index contributed by atoms with van der Waals surface area (Å²) in [5.74, 6) is 0. The zero-order valence-corrected chi connectivity index (χ0v) is 8.90. The Morgan fingerprint density at radius 1 is 1.38 bits per heavy atom. The molecule has 0 amide bonds. The van der Waals surface area contributed by atoms with E-state index in [-0.39, 0.29) is 12.1 Å². The van der Waals surface area contributed by atoms with Crippen LogP contribution in [0.3, 0.4) is 0 Å². The maximum absolute atomic E-state index is 12.0. The predicted molar refractivity (Wildman–Crippen MR) is 51.3 cm³/mol. The average molecular weight is 194 g/mol. The second-order valence-electron chi connectivity index (χ2n) is 4.00. The molecule has 0 rings (SSSR count). The van der Waals surface area contributed by atoms with Crippen molar-refractivity contribution >= 4 is 0 Å². The van der Waals surface area contributed by atoms with Crippen LogP contribution in [-0.2, 0) is 0 Å². The van der Waals surface area contributed by atoms with Crippen LogP contribution in [0.4, 0.5) is 8.78 Å². The largest absolute Gasteiger partial charge is 0.311 e. The Labute approximate surface area is 79.3 Å². The highest BCUT2D eigenvalue weighted by Crippen LogP contribution is 2.05. The van der Waals surface area contributed by atoms with E-state index < -0.39 is 6.43 Å². The molecule has 0 fully saturated rings. The van der Waals surface area contributed by atoms with Gasteiger partial charge >= 0.3 is 0 Å². The van der Waals surface area contributed by atoms with Crippen LogP contribution in [0.2, 0.25) is 0 Å². The molecular formula is C9H20F2N2. The fraction of sp³-hybridized carbons (Fsp3) is 1.00. The Morgan fingerprint density at radius 3 is 2.31 bits per heavy atom. The van der Waals surface area contributed by atoms with Gasteiger partial charge in [0.05, 0.1) is 6.54 Å². The van der Waals surface area contributed by atoms with Gasteiger partial charge in [-0.05, 0) is 27.4 Å². The summed E-state index contributed by atoms with van der Waals surface area (Å²) in [6.45, 7) is 7.36. The van der Waals surface area contributed by atoms with Gasteiger partial charge in [-0.2, -0.15) is 0 Å². The molecule has 13 heavy (non-hydrogen) atoms. The van der Waals surface area contributed by atoms with E-state index >= 15 is 0 Å². The topological polar surface area (TPSA) is 15.3 Å². The zero-order chi connectivity index (χ0) is 10.5. The van der Waals surface area contributed by atoms with Gasteiger partial charge in [-0.25, -0.2) is 8.78 Å². The van der Waals surface area contributed by atoms with Crippen LogP contribution >= 0.6 is 0 Å². The van der Waals surface area contributed by atoms with Crippen molar-refractivity contribution in [2.24, 2.45) is 0 Å². The fourth-order valence-electron chi connectivity index (χ4n) is 1.51. The minimum atomic E-state index is -2.25. The molecule has 0 aliphatic carbocycles. The number of nitrogens with one attached hydrogen (secondary N) is 1. The maximum Gasteiger partial charge on any atom is 0.251 e. The smallest absolute Gasteiger partial charge is 0.251 e. The van der Waals surface area contributed by atoms with Gasteiger partial charge in [0.25, 0.3) is 6.43 Å². The molecule has 0 radical (unpaired) electrons. The van der Waals surface area contributed by atoms with E-state index in [1.807, 2.05) is 20.8 Å². The molecular weight excluding hydrogens is 174 g/mol. The normalized spacial score (nSPS) is 12.9. The number of likely N-dealkylation sites (N-methyl/N-ethyl adjacent to an activating group) is 2. The minimum absolute atomic E-state index is 0.0988. The third kappa shape index (κ3) is 6.90. The third-order valence-corrected chi connectivity index (χ3v) is 1.77. The monoisotopic (exact) mass is 194 g/mol. The molecule has 4 heteroatoms. The first kappa shape index (κ1) is 12.8. The van der Waals surface area contributed by atoms with Gasteiger partial charge in [0.2, 0.25) is 0 Å². The number of alkyl halides is 2. The maximum atomic E-state index is 12.0. The molecule has 0 aromatic rings. The first-order chi connectivity index (χ1) is 5.87. The van der Waals surface area contributed by atoms with Crippen molar-refractivity contribution in [3.63, 3.8) is 0 Å². The summed E-state index contributed by atoms with van der Waals surface area (Å²) >= 11 is 0. The van der Waals surface area contributed by atoms with Crippen LogP contribution in [0.25, 0.3) is 0 Å². The molecule has 2 nitrogen and oxygen atoms in total. The highest BCUT2D eigenvalue weighted by atomic mass is 19.3. The second kappa shape index (κ2) is 5.50. The Hall–Kier alpha value is -0.220. The molecule has 0 aromatic heterocycles. The summed E-state index contributed by atoms with van der Waals surface area (Å²) in [6.07, 6.45) is -2.25. The van der Waals surface area contributed by atoms with Crippen molar-refractivity contribution in [2.75, 3.05) is 26.7 Å². The molecule has 0 unspecified atom stereocenters. The quantitative estimate of drug-likeness (QED) is 0.690. The van der Waals surface area contributed by atoms with E-state index in [0.717, 1.165) is 6.54 Å². The summed E-state index contributed by atoms with van der Waals surface area (Å²) in [5, 5.41) is 3.24. The van der Waals surface area contributed by atoms with E-state index in [0.29, 0.717) is 6.54 Å². The zero-order valence-electron chi connectivity index (χ0n) is 8.90. The summed E-state index contributed by atoms with van der Waals surface area (Å²) < 4.78 is 24.0. The molecule has 0 bridgehead atoms. The lowest BCUT2D eigenvalue weighted by Crippen LogP contribution is -2.48. The number of nitrogens with zero attached hydrogens (tertiary/aromatic N) is 1. The third-order valence-electron chi connectivity index (χ3n) is 1.77. The summed E-state index contributed by atoms with van der Waals surface area (Å²) in [4.78, 5) is 1.65. The summed E-state index contributed by atoms with van der Waals surface area (Å²) in [6, 6.07) is 0. The first-order valence-corrected chi connectivity index (χ1v) is 4.59. The average Bonchev–Trinajstić information content (AvgIpc) is 1.81. The van der Waals surface area contributed by atoms with Crippen LogP contribution in [0.5, 0.6) is 0 Å². The summed E-state index contributed by atoms with van der Waals surface area (Å²) in [5.41, 5.74) is -0.0988. The number of halogens is 2. The molecule has 0 aromatic carbocycles. The SMILES string of the molecule is CCNC(C)(C)CN(C)CC(F)F. The number of hydrogen-bond acceptors (Lipinski definition) is 2. The van der Waals surface area contributed by atoms with E-state index in [1.165, 1.54) is 0 Å². The highest BCUT2D eigenvalue weighted by Gasteiger charge is 2.19. The molecule has 1 N–H and O–H groups in total. The van der Waals surface area contributed by atoms with Gasteiger partial charge in [-0.3, -0.25) is 4.90 Å². The minimum Gasteiger partial charge on any atom is -0.311 e. The van der Waals surface area contributed by atoms with Crippen LogP contribution in [0.15, 0.2) is 0 Å². The Bertz CT molecular complexity index is 138. The lowest BCUT2D eigenvalue weighted by atomic mass is 10.1. The van der Waals surface area contributed by atoms with Crippen molar-refractivity contribution < 1.29 is 8.78 Å². The van der Waals surface area contributed by atoms with Gasteiger partial charge in [0.1, 0.15) is 0 Å². The van der Waals surface area contributed by atoms with Gasteiger partial charge in [0.15, 0.2) is 0 Å². The number of hydrogen-bond donors (Lipinski definition) is 1. The second-order valence-corrected chi connectivity index (χ2v) is 4.00. The van der Waals surface area contributed by atoms with Gasteiger partial charge in [0, 0.05) is 12.1 Å². The van der Waals surface area contributed by atoms with Crippen LogP contribution < -0.4 is 5.32 Å². The van der Waals surface area contributed by atoms with Crippen LogP contribution in [0.1, 0.15) is 20.8 Å². The molecule has 0 aliphatic heterocycles. The molecule has 0 heterocycles.